The third-order valence-corrected chi connectivity index (χ3v) is 7.07. The van der Waals surface area contributed by atoms with Crippen molar-refractivity contribution in [2.45, 2.75) is 18.3 Å². The molecule has 1 unspecified atom stereocenters. The van der Waals surface area contributed by atoms with Crippen LogP contribution in [0, 0.1) is 0 Å². The average Bonchev–Trinajstić information content (AvgIpc) is 3.16. The molecular formula is C16H24ClN3O4S2. The first-order valence-corrected chi connectivity index (χ1v) is 11.0. The summed E-state index contributed by atoms with van der Waals surface area (Å²) < 4.78 is 31.9. The molecule has 2 aliphatic rings. The van der Waals surface area contributed by atoms with Gasteiger partial charge in [0.2, 0.25) is 15.9 Å². The van der Waals surface area contributed by atoms with Crippen molar-refractivity contribution < 1.29 is 17.9 Å². The van der Waals surface area contributed by atoms with Crippen LogP contribution in [0.2, 0.25) is 0 Å². The van der Waals surface area contributed by atoms with E-state index >= 15 is 0 Å². The summed E-state index contributed by atoms with van der Waals surface area (Å²) in [5.41, 5.74) is 1.56. The molecule has 2 heterocycles. The Morgan fingerprint density at radius 2 is 1.96 bits per heavy atom. The molecule has 2 fully saturated rings. The standard InChI is InChI=1S/C16H23N3O4S2.ClH/c20-16(15-10-24-12-18-15)17-9-13-3-1-2-4-14(13)11-25(21,22)19-5-7-23-8-6-19;/h1-4,15,18H,5-12H2,(H,17,20);1H. The summed E-state index contributed by atoms with van der Waals surface area (Å²) in [5, 5.41) is 6.03. The zero-order chi connectivity index (χ0) is 17.7. The summed E-state index contributed by atoms with van der Waals surface area (Å²) in [7, 11) is -3.39. The summed E-state index contributed by atoms with van der Waals surface area (Å²) in [6, 6.07) is 7.18. The maximum absolute atomic E-state index is 12.6. The van der Waals surface area contributed by atoms with Crippen LogP contribution in [0.5, 0.6) is 0 Å². The largest absolute Gasteiger partial charge is 0.379 e. The maximum Gasteiger partial charge on any atom is 0.238 e. The molecule has 1 aromatic carbocycles. The van der Waals surface area contributed by atoms with Crippen LogP contribution in [0.1, 0.15) is 11.1 Å². The normalized spacial score (nSPS) is 21.2. The highest BCUT2D eigenvalue weighted by molar-refractivity contribution is 7.99. The number of ether oxygens (including phenoxy) is 1. The number of morpholine rings is 1. The van der Waals surface area contributed by atoms with E-state index in [1.165, 1.54) is 4.31 Å². The number of carbonyl (C=O) groups is 1. The summed E-state index contributed by atoms with van der Waals surface area (Å²) in [6.07, 6.45) is 0. The summed E-state index contributed by atoms with van der Waals surface area (Å²) in [5.74, 6) is 1.44. The number of hydrogen-bond donors (Lipinski definition) is 2. The summed E-state index contributed by atoms with van der Waals surface area (Å²) >= 11 is 1.69. The number of benzene rings is 1. The minimum absolute atomic E-state index is 0. The highest BCUT2D eigenvalue weighted by Gasteiger charge is 2.26. The Bertz CT molecular complexity index is 705. The molecule has 2 aliphatic heterocycles. The first-order chi connectivity index (χ1) is 12.1. The van der Waals surface area contributed by atoms with Crippen LogP contribution in [0.25, 0.3) is 0 Å². The lowest BCUT2D eigenvalue weighted by Gasteiger charge is -2.26. The number of sulfonamides is 1. The van der Waals surface area contributed by atoms with Crippen LogP contribution in [0.15, 0.2) is 24.3 Å². The molecule has 2 N–H and O–H groups in total. The van der Waals surface area contributed by atoms with E-state index in [0.717, 1.165) is 22.8 Å². The molecule has 10 heteroatoms. The highest BCUT2D eigenvalue weighted by atomic mass is 35.5. The molecule has 2 saturated heterocycles. The van der Waals surface area contributed by atoms with Gasteiger partial charge in [0, 0.05) is 31.3 Å². The smallest absolute Gasteiger partial charge is 0.238 e. The van der Waals surface area contributed by atoms with Gasteiger partial charge in [-0.3, -0.25) is 10.1 Å². The van der Waals surface area contributed by atoms with E-state index in [1.807, 2.05) is 24.3 Å². The molecule has 0 radical (unpaired) electrons. The van der Waals surface area contributed by atoms with Crippen molar-refractivity contribution in [2.75, 3.05) is 37.9 Å². The Balaban J connectivity index is 0.00000243. The highest BCUT2D eigenvalue weighted by Crippen LogP contribution is 2.17. The molecule has 1 atom stereocenters. The first kappa shape index (κ1) is 21.5. The number of carbonyl (C=O) groups excluding carboxylic acids is 1. The van der Waals surface area contributed by atoms with E-state index in [4.69, 9.17) is 4.74 Å². The zero-order valence-electron chi connectivity index (χ0n) is 14.3. The molecule has 0 aromatic heterocycles. The van der Waals surface area contributed by atoms with Crippen LogP contribution >= 0.6 is 24.2 Å². The Morgan fingerprint density at radius 1 is 1.27 bits per heavy atom. The Labute approximate surface area is 164 Å². The SMILES string of the molecule is Cl.O=C(NCc1ccccc1CS(=O)(=O)N1CCOCC1)C1CSCN1. The number of thioether (sulfide) groups is 1. The monoisotopic (exact) mass is 421 g/mol. The maximum atomic E-state index is 12.6. The van der Waals surface area contributed by atoms with Crippen LogP contribution in [-0.4, -0.2) is 62.6 Å². The molecule has 0 saturated carbocycles. The van der Waals surface area contributed by atoms with E-state index in [9.17, 15) is 13.2 Å². The fraction of sp³-hybridized carbons (Fsp3) is 0.562. The molecule has 26 heavy (non-hydrogen) atoms. The summed E-state index contributed by atoms with van der Waals surface area (Å²) in [4.78, 5) is 12.1. The van der Waals surface area contributed by atoms with Gasteiger partial charge in [-0.2, -0.15) is 4.31 Å². The second kappa shape index (κ2) is 9.91. The number of hydrogen-bond acceptors (Lipinski definition) is 6. The Kier molecular flexibility index (Phi) is 8.18. The number of nitrogens with one attached hydrogen (secondary N) is 2. The van der Waals surface area contributed by atoms with Gasteiger partial charge in [0.1, 0.15) is 0 Å². The van der Waals surface area contributed by atoms with Gasteiger partial charge >= 0.3 is 0 Å². The van der Waals surface area contributed by atoms with Crippen molar-refractivity contribution in [3.05, 3.63) is 35.4 Å². The van der Waals surface area contributed by atoms with Gasteiger partial charge in [0.25, 0.3) is 0 Å². The van der Waals surface area contributed by atoms with Crippen LogP contribution in [-0.2, 0) is 31.9 Å². The molecule has 1 aromatic rings. The lowest BCUT2D eigenvalue weighted by atomic mass is 10.1. The van der Waals surface area contributed by atoms with Gasteiger partial charge in [-0.1, -0.05) is 24.3 Å². The van der Waals surface area contributed by atoms with Crippen molar-refractivity contribution in [1.82, 2.24) is 14.9 Å². The van der Waals surface area contributed by atoms with Gasteiger partial charge in [-0.25, -0.2) is 8.42 Å². The van der Waals surface area contributed by atoms with Gasteiger partial charge < -0.3 is 10.1 Å². The lowest BCUT2D eigenvalue weighted by Crippen LogP contribution is -2.42. The number of halogens is 1. The van der Waals surface area contributed by atoms with E-state index < -0.39 is 10.0 Å². The van der Waals surface area contributed by atoms with Crippen molar-refractivity contribution in [1.29, 1.82) is 0 Å². The van der Waals surface area contributed by atoms with E-state index in [0.29, 0.717) is 32.8 Å². The Hall–Kier alpha value is -0.840. The fourth-order valence-corrected chi connectivity index (χ4v) is 5.36. The number of amides is 1. The van der Waals surface area contributed by atoms with E-state index in [2.05, 4.69) is 10.6 Å². The van der Waals surface area contributed by atoms with Crippen molar-refractivity contribution in [3.8, 4) is 0 Å². The average molecular weight is 422 g/mol. The second-order valence-corrected chi connectivity index (χ2v) is 9.03. The van der Waals surface area contributed by atoms with Crippen LogP contribution < -0.4 is 10.6 Å². The van der Waals surface area contributed by atoms with E-state index in [1.54, 1.807) is 11.8 Å². The zero-order valence-corrected chi connectivity index (χ0v) is 16.8. The quantitative estimate of drug-likeness (QED) is 0.697. The fourth-order valence-electron chi connectivity index (χ4n) is 2.85. The van der Waals surface area contributed by atoms with Gasteiger partial charge in [-0.05, 0) is 11.1 Å². The van der Waals surface area contributed by atoms with Crippen molar-refractivity contribution >= 4 is 40.1 Å². The molecular weight excluding hydrogens is 398 g/mol. The molecule has 0 bridgehead atoms. The number of rotatable bonds is 6. The van der Waals surface area contributed by atoms with Gasteiger partial charge in [-0.15, -0.1) is 24.2 Å². The molecule has 146 valence electrons. The van der Waals surface area contributed by atoms with Crippen molar-refractivity contribution in [2.24, 2.45) is 0 Å². The van der Waals surface area contributed by atoms with E-state index in [-0.39, 0.29) is 30.1 Å². The topological polar surface area (TPSA) is 87.7 Å². The molecule has 0 spiro atoms. The minimum Gasteiger partial charge on any atom is -0.379 e. The molecule has 3 rings (SSSR count). The molecule has 0 aliphatic carbocycles. The lowest BCUT2D eigenvalue weighted by molar-refractivity contribution is -0.122. The van der Waals surface area contributed by atoms with Crippen molar-refractivity contribution in [3.63, 3.8) is 0 Å². The summed E-state index contributed by atoms with van der Waals surface area (Å²) in [6.45, 7) is 1.99. The predicted molar refractivity (Wildman–Crippen MR) is 105 cm³/mol. The van der Waals surface area contributed by atoms with Crippen LogP contribution in [0.4, 0.5) is 0 Å². The minimum atomic E-state index is -3.39. The molecule has 7 nitrogen and oxygen atoms in total. The predicted octanol–water partition coefficient (Wildman–Crippen LogP) is 0.549. The second-order valence-electron chi connectivity index (χ2n) is 6.03. The third-order valence-electron chi connectivity index (χ3n) is 4.31. The molecule has 1 amide bonds. The van der Waals surface area contributed by atoms with Gasteiger partial charge in [0.15, 0.2) is 0 Å². The van der Waals surface area contributed by atoms with Crippen LogP contribution in [0.3, 0.4) is 0 Å². The third kappa shape index (κ3) is 5.58. The first-order valence-electron chi connectivity index (χ1n) is 8.27. The van der Waals surface area contributed by atoms with Gasteiger partial charge in [0.05, 0.1) is 25.0 Å². The number of nitrogens with zero attached hydrogens (tertiary/aromatic N) is 1. The Morgan fingerprint density at radius 3 is 2.62 bits per heavy atom.